The largest absolute Gasteiger partial charge is 0.481 e. The van der Waals surface area contributed by atoms with Gasteiger partial charge in [-0.2, -0.15) is 0 Å². The molecule has 0 aromatic carbocycles. The van der Waals surface area contributed by atoms with Crippen molar-refractivity contribution < 1.29 is 14.8 Å². The third kappa shape index (κ3) is 2.68. The predicted molar refractivity (Wildman–Crippen MR) is 54.4 cm³/mol. The number of hydrogen-bond acceptors (Lipinski definition) is 5. The monoisotopic (exact) mass is 221 g/mol. The van der Waals surface area contributed by atoms with E-state index >= 15 is 0 Å². The molecule has 7 heteroatoms. The Kier molecular flexibility index (Phi) is 3.40. The normalized spacial score (nSPS) is 9.00. The first kappa shape index (κ1) is 11.5. The fourth-order valence-corrected chi connectivity index (χ4v) is 0.920. The highest BCUT2D eigenvalue weighted by Crippen LogP contribution is 2.22. The summed E-state index contributed by atoms with van der Waals surface area (Å²) in [6.07, 6.45) is 1.90. The van der Waals surface area contributed by atoms with Gasteiger partial charge in [-0.05, 0) is 0 Å². The van der Waals surface area contributed by atoms with E-state index < -0.39 is 10.9 Å². The number of nitro groups is 1. The first-order valence-corrected chi connectivity index (χ1v) is 4.11. The Balaban J connectivity index is 3.05. The lowest BCUT2D eigenvalue weighted by molar-refractivity contribution is -0.384. The molecule has 0 aliphatic carbocycles. The number of nitrogens with two attached hydrogens (primary N) is 1. The van der Waals surface area contributed by atoms with Crippen molar-refractivity contribution in [2.75, 3.05) is 5.73 Å². The second-order valence-electron chi connectivity index (χ2n) is 2.75. The lowest BCUT2D eigenvalue weighted by Crippen LogP contribution is -1.99. The Bertz CT molecular complexity index is 501. The van der Waals surface area contributed by atoms with Crippen LogP contribution >= 0.6 is 0 Å². The van der Waals surface area contributed by atoms with E-state index in [1.165, 1.54) is 6.20 Å². The topological polar surface area (TPSA) is 119 Å². The summed E-state index contributed by atoms with van der Waals surface area (Å²) in [6.45, 7) is 0. The van der Waals surface area contributed by atoms with E-state index in [9.17, 15) is 14.9 Å². The second kappa shape index (κ2) is 4.75. The van der Waals surface area contributed by atoms with Crippen LogP contribution in [0.5, 0.6) is 0 Å². The fraction of sp³-hybridized carbons (Fsp3) is 0.111. The van der Waals surface area contributed by atoms with Gasteiger partial charge < -0.3 is 10.8 Å². The fourth-order valence-electron chi connectivity index (χ4n) is 0.920. The molecule has 0 atom stereocenters. The zero-order valence-corrected chi connectivity index (χ0v) is 8.01. The minimum absolute atomic E-state index is 0.113. The number of nitrogen functional groups attached to an aromatic ring is 1. The van der Waals surface area contributed by atoms with Crippen LogP contribution in [0.1, 0.15) is 12.0 Å². The number of carboxylic acids is 1. The summed E-state index contributed by atoms with van der Waals surface area (Å²) >= 11 is 0. The van der Waals surface area contributed by atoms with Gasteiger partial charge in [-0.3, -0.25) is 19.9 Å². The van der Waals surface area contributed by atoms with Crippen LogP contribution in [0.4, 0.5) is 11.4 Å². The standard InChI is InChI=1S/C9H7N3O4/c10-9-6(2-1-3-8(13)14)4-11-5-7(9)12(15)16/h4-5H,3H2,(H2,10,11)(H,13,14). The van der Waals surface area contributed by atoms with Crippen molar-refractivity contribution in [3.63, 3.8) is 0 Å². The van der Waals surface area contributed by atoms with E-state index in [0.29, 0.717) is 0 Å². The maximum atomic E-state index is 10.5. The number of nitrogens with zero attached hydrogens (tertiary/aromatic N) is 2. The Morgan fingerprint density at radius 2 is 2.31 bits per heavy atom. The molecule has 0 saturated carbocycles. The molecule has 1 aromatic heterocycles. The van der Waals surface area contributed by atoms with Gasteiger partial charge in [0.05, 0.1) is 10.5 Å². The summed E-state index contributed by atoms with van der Waals surface area (Å²) in [5.41, 5.74) is 5.16. The second-order valence-corrected chi connectivity index (χ2v) is 2.75. The quantitative estimate of drug-likeness (QED) is 0.423. The molecule has 0 spiro atoms. The van der Waals surface area contributed by atoms with E-state index in [4.69, 9.17) is 10.8 Å². The zero-order valence-electron chi connectivity index (χ0n) is 8.01. The van der Waals surface area contributed by atoms with Gasteiger partial charge in [-0.15, -0.1) is 0 Å². The lowest BCUT2D eigenvalue weighted by Gasteiger charge is -1.97. The molecule has 0 fully saturated rings. The Hall–Kier alpha value is -2.62. The van der Waals surface area contributed by atoms with Crippen molar-refractivity contribution in [3.8, 4) is 11.8 Å². The van der Waals surface area contributed by atoms with E-state index in [0.717, 1.165) is 6.20 Å². The zero-order chi connectivity index (χ0) is 12.1. The van der Waals surface area contributed by atoms with E-state index in [1.807, 2.05) is 0 Å². The molecule has 0 aliphatic heterocycles. The summed E-state index contributed by atoms with van der Waals surface area (Å²) < 4.78 is 0. The summed E-state index contributed by atoms with van der Waals surface area (Å²) in [7, 11) is 0. The average molecular weight is 221 g/mol. The van der Waals surface area contributed by atoms with Gasteiger partial charge in [-0.25, -0.2) is 0 Å². The van der Waals surface area contributed by atoms with E-state index in [1.54, 1.807) is 0 Å². The van der Waals surface area contributed by atoms with Gasteiger partial charge in [0.1, 0.15) is 18.3 Å². The van der Waals surface area contributed by atoms with E-state index in [-0.39, 0.29) is 23.4 Å². The van der Waals surface area contributed by atoms with Crippen LogP contribution < -0.4 is 5.73 Å². The highest BCUT2D eigenvalue weighted by Gasteiger charge is 2.13. The molecule has 1 heterocycles. The molecule has 0 bridgehead atoms. The number of aliphatic carboxylic acids is 1. The molecule has 0 radical (unpaired) electrons. The number of carboxylic acid groups (broad SMARTS) is 1. The van der Waals surface area contributed by atoms with Crippen molar-refractivity contribution in [1.82, 2.24) is 4.98 Å². The number of rotatable bonds is 2. The van der Waals surface area contributed by atoms with Crippen molar-refractivity contribution in [3.05, 3.63) is 28.1 Å². The van der Waals surface area contributed by atoms with E-state index in [2.05, 4.69) is 16.8 Å². The van der Waals surface area contributed by atoms with Crippen LogP contribution in [0, 0.1) is 22.0 Å². The molecule has 0 amide bonds. The maximum absolute atomic E-state index is 10.5. The van der Waals surface area contributed by atoms with Gasteiger partial charge in [0.2, 0.25) is 0 Å². The van der Waals surface area contributed by atoms with Gasteiger partial charge >= 0.3 is 11.7 Å². The van der Waals surface area contributed by atoms with Crippen molar-refractivity contribution in [2.45, 2.75) is 6.42 Å². The SMILES string of the molecule is Nc1c(C#CCC(=O)O)cncc1[N+](=O)[O-]. The molecule has 0 unspecified atom stereocenters. The summed E-state index contributed by atoms with van der Waals surface area (Å²) in [5, 5.41) is 18.8. The smallest absolute Gasteiger partial charge is 0.315 e. The molecular weight excluding hydrogens is 214 g/mol. The molecule has 7 nitrogen and oxygen atoms in total. The van der Waals surface area contributed by atoms with Crippen LogP contribution in [-0.4, -0.2) is 21.0 Å². The first-order chi connectivity index (χ1) is 7.52. The minimum Gasteiger partial charge on any atom is -0.481 e. The maximum Gasteiger partial charge on any atom is 0.315 e. The summed E-state index contributed by atoms with van der Waals surface area (Å²) in [5.74, 6) is 3.65. The van der Waals surface area contributed by atoms with Gasteiger partial charge in [0.25, 0.3) is 0 Å². The minimum atomic E-state index is -1.08. The number of hydrogen-bond donors (Lipinski definition) is 2. The average Bonchev–Trinajstić information content (AvgIpc) is 2.19. The summed E-state index contributed by atoms with van der Waals surface area (Å²) in [6, 6.07) is 0. The third-order valence-corrected chi connectivity index (χ3v) is 1.63. The molecule has 1 aromatic rings. The Morgan fingerprint density at radius 3 is 2.88 bits per heavy atom. The molecule has 3 N–H and O–H groups in total. The van der Waals surface area contributed by atoms with Crippen LogP contribution in [0.25, 0.3) is 0 Å². The number of anilines is 1. The third-order valence-electron chi connectivity index (χ3n) is 1.63. The molecule has 1 rings (SSSR count). The molecule has 16 heavy (non-hydrogen) atoms. The van der Waals surface area contributed by atoms with Crippen molar-refractivity contribution in [2.24, 2.45) is 0 Å². The van der Waals surface area contributed by atoms with Crippen LogP contribution in [-0.2, 0) is 4.79 Å². The van der Waals surface area contributed by atoms with Crippen LogP contribution in [0.3, 0.4) is 0 Å². The first-order valence-electron chi connectivity index (χ1n) is 4.11. The molecule has 0 saturated heterocycles. The Morgan fingerprint density at radius 1 is 1.62 bits per heavy atom. The van der Waals surface area contributed by atoms with Gasteiger partial charge in [0.15, 0.2) is 0 Å². The lowest BCUT2D eigenvalue weighted by atomic mass is 10.2. The molecule has 82 valence electrons. The summed E-state index contributed by atoms with van der Waals surface area (Å²) in [4.78, 5) is 23.6. The van der Waals surface area contributed by atoms with Crippen LogP contribution in [0.2, 0.25) is 0 Å². The van der Waals surface area contributed by atoms with Gasteiger partial charge in [-0.1, -0.05) is 11.8 Å². The number of pyridine rings is 1. The highest BCUT2D eigenvalue weighted by molar-refractivity contribution is 5.71. The molecular formula is C9H7N3O4. The van der Waals surface area contributed by atoms with Gasteiger partial charge in [0, 0.05) is 6.20 Å². The number of aromatic nitrogens is 1. The van der Waals surface area contributed by atoms with Crippen molar-refractivity contribution in [1.29, 1.82) is 0 Å². The molecule has 0 aliphatic rings. The predicted octanol–water partition coefficient (Wildman–Crippen LogP) is 0.398. The van der Waals surface area contributed by atoms with Crippen LogP contribution in [0.15, 0.2) is 12.4 Å². The Labute approximate surface area is 90.1 Å². The highest BCUT2D eigenvalue weighted by atomic mass is 16.6. The van der Waals surface area contributed by atoms with Crippen molar-refractivity contribution >= 4 is 17.3 Å². The number of carbonyl (C=O) groups is 1.